The Balaban J connectivity index is 2.23. The lowest BCUT2D eigenvalue weighted by molar-refractivity contribution is 0.427. The van der Waals surface area contributed by atoms with Crippen molar-refractivity contribution in [1.82, 2.24) is 4.31 Å². The smallest absolute Gasteiger partial charge is 0.301 e. The molecule has 1 aromatic carbocycles. The maximum absolute atomic E-state index is 12.4. The van der Waals surface area contributed by atoms with Crippen LogP contribution in [0.1, 0.15) is 31.2 Å². The predicted molar refractivity (Wildman–Crippen MR) is 89.9 cm³/mol. The first kappa shape index (κ1) is 16.5. The van der Waals surface area contributed by atoms with Gasteiger partial charge in [-0.1, -0.05) is 42.7 Å². The van der Waals surface area contributed by atoms with Gasteiger partial charge < -0.3 is 5.73 Å². The average Bonchev–Trinajstić information content (AvgIpc) is 2.70. The van der Waals surface area contributed by atoms with Crippen LogP contribution in [0.2, 0.25) is 5.02 Å². The molecule has 0 radical (unpaired) electrons. The summed E-state index contributed by atoms with van der Waals surface area (Å²) in [6, 6.07) is 4.80. The fourth-order valence-electron chi connectivity index (χ4n) is 2.24. The molecule has 1 fully saturated rings. The summed E-state index contributed by atoms with van der Waals surface area (Å²) in [5.74, 6) is 0. The van der Waals surface area contributed by atoms with E-state index in [1.165, 1.54) is 4.31 Å². The van der Waals surface area contributed by atoms with Gasteiger partial charge in [0.05, 0.1) is 10.7 Å². The zero-order valence-electron chi connectivity index (χ0n) is 11.5. The molecule has 0 atom stereocenters. The number of rotatable bonds is 4. The Bertz CT molecular complexity index is 626. The molecule has 3 N–H and O–H groups in total. The van der Waals surface area contributed by atoms with Gasteiger partial charge in [0.2, 0.25) is 0 Å². The minimum Gasteiger partial charge on any atom is -0.389 e. The Labute approximate surface area is 135 Å². The maximum atomic E-state index is 12.4. The number of thiocarbonyl (C=S) groups is 1. The van der Waals surface area contributed by atoms with E-state index in [0.717, 1.165) is 25.7 Å². The Morgan fingerprint density at radius 3 is 2.43 bits per heavy atom. The molecule has 1 saturated heterocycles. The van der Waals surface area contributed by atoms with E-state index in [0.29, 0.717) is 29.4 Å². The fourth-order valence-corrected chi connectivity index (χ4v) is 3.90. The molecule has 0 unspecified atom stereocenters. The highest BCUT2D eigenvalue weighted by Crippen LogP contribution is 2.25. The van der Waals surface area contributed by atoms with Crippen molar-refractivity contribution in [1.29, 1.82) is 0 Å². The van der Waals surface area contributed by atoms with Crippen molar-refractivity contribution < 1.29 is 8.42 Å². The minimum atomic E-state index is -3.61. The van der Waals surface area contributed by atoms with Crippen LogP contribution in [-0.4, -0.2) is 30.8 Å². The zero-order chi connectivity index (χ0) is 15.5. The second-order valence-corrected chi connectivity index (χ2v) is 7.50. The summed E-state index contributed by atoms with van der Waals surface area (Å²) >= 11 is 10.9. The molecular weight excluding hydrogens is 330 g/mol. The number of anilines is 1. The number of nitrogens with zero attached hydrogens (tertiary/aromatic N) is 1. The number of hydrogen-bond donors (Lipinski definition) is 2. The van der Waals surface area contributed by atoms with Gasteiger partial charge in [0.15, 0.2) is 0 Å². The lowest BCUT2D eigenvalue weighted by atomic mass is 10.2. The van der Waals surface area contributed by atoms with Gasteiger partial charge in [0, 0.05) is 18.7 Å². The van der Waals surface area contributed by atoms with Gasteiger partial charge >= 0.3 is 10.2 Å². The molecule has 1 aliphatic heterocycles. The van der Waals surface area contributed by atoms with Crippen LogP contribution in [0.15, 0.2) is 18.2 Å². The molecule has 0 aromatic heterocycles. The highest BCUT2D eigenvalue weighted by molar-refractivity contribution is 7.90. The molecule has 0 saturated carbocycles. The number of benzene rings is 1. The Morgan fingerprint density at radius 2 is 1.86 bits per heavy atom. The molecular formula is C13H18ClN3O2S2. The average molecular weight is 348 g/mol. The summed E-state index contributed by atoms with van der Waals surface area (Å²) in [5.41, 5.74) is 6.43. The molecule has 0 amide bonds. The quantitative estimate of drug-likeness (QED) is 0.820. The Kier molecular flexibility index (Phi) is 5.43. The van der Waals surface area contributed by atoms with Crippen LogP contribution < -0.4 is 10.5 Å². The maximum Gasteiger partial charge on any atom is 0.301 e. The molecule has 1 aliphatic rings. The molecule has 5 nitrogen and oxygen atoms in total. The highest BCUT2D eigenvalue weighted by Gasteiger charge is 2.23. The molecule has 116 valence electrons. The minimum absolute atomic E-state index is 0.196. The highest BCUT2D eigenvalue weighted by atomic mass is 35.5. The van der Waals surface area contributed by atoms with Crippen molar-refractivity contribution in [2.24, 2.45) is 5.73 Å². The third-order valence-electron chi connectivity index (χ3n) is 3.39. The van der Waals surface area contributed by atoms with Gasteiger partial charge in [-0.05, 0) is 25.0 Å². The van der Waals surface area contributed by atoms with E-state index in [-0.39, 0.29) is 4.99 Å². The van der Waals surface area contributed by atoms with Crippen LogP contribution in [0.4, 0.5) is 5.69 Å². The summed E-state index contributed by atoms with van der Waals surface area (Å²) < 4.78 is 28.9. The molecule has 1 aromatic rings. The van der Waals surface area contributed by atoms with Crippen LogP contribution >= 0.6 is 23.8 Å². The van der Waals surface area contributed by atoms with Crippen LogP contribution in [-0.2, 0) is 10.2 Å². The molecule has 0 spiro atoms. The second-order valence-electron chi connectivity index (χ2n) is 4.98. The first-order valence-electron chi connectivity index (χ1n) is 6.77. The van der Waals surface area contributed by atoms with Gasteiger partial charge in [-0.25, -0.2) is 0 Å². The molecule has 1 heterocycles. The number of nitrogens with two attached hydrogens (primary N) is 1. The number of nitrogens with one attached hydrogen (secondary N) is 1. The van der Waals surface area contributed by atoms with Crippen LogP contribution in [0, 0.1) is 0 Å². The van der Waals surface area contributed by atoms with Crippen LogP contribution in [0.25, 0.3) is 0 Å². The standard InChI is InChI=1S/C13H18ClN3O2S2/c14-11-6-5-10(13(15)20)9-12(11)16-21(18,19)17-7-3-1-2-4-8-17/h5-6,9,16H,1-4,7-8H2,(H2,15,20). The van der Waals surface area contributed by atoms with Crippen molar-refractivity contribution in [3.63, 3.8) is 0 Å². The molecule has 2 rings (SSSR count). The van der Waals surface area contributed by atoms with E-state index >= 15 is 0 Å². The van der Waals surface area contributed by atoms with Crippen molar-refractivity contribution in [2.45, 2.75) is 25.7 Å². The van der Waals surface area contributed by atoms with Crippen molar-refractivity contribution in [3.8, 4) is 0 Å². The first-order chi connectivity index (χ1) is 9.90. The zero-order valence-corrected chi connectivity index (χ0v) is 13.9. The molecule has 0 aliphatic carbocycles. The predicted octanol–water partition coefficient (Wildman–Crippen LogP) is 2.51. The summed E-state index contributed by atoms with van der Waals surface area (Å²) in [5, 5.41) is 0.313. The Hall–Kier alpha value is -0.890. The topological polar surface area (TPSA) is 75.4 Å². The largest absolute Gasteiger partial charge is 0.389 e. The van der Waals surface area contributed by atoms with Gasteiger partial charge in [-0.3, -0.25) is 4.72 Å². The first-order valence-corrected chi connectivity index (χ1v) is 9.00. The van der Waals surface area contributed by atoms with E-state index in [2.05, 4.69) is 4.72 Å². The van der Waals surface area contributed by atoms with Crippen LogP contribution in [0.5, 0.6) is 0 Å². The third-order valence-corrected chi connectivity index (χ3v) is 5.48. The lowest BCUT2D eigenvalue weighted by Gasteiger charge is -2.21. The summed E-state index contributed by atoms with van der Waals surface area (Å²) in [7, 11) is -3.61. The van der Waals surface area contributed by atoms with Gasteiger partial charge in [-0.2, -0.15) is 12.7 Å². The monoisotopic (exact) mass is 347 g/mol. The number of hydrogen-bond acceptors (Lipinski definition) is 3. The number of halogens is 1. The fraction of sp³-hybridized carbons (Fsp3) is 0.462. The van der Waals surface area contributed by atoms with E-state index in [9.17, 15) is 8.42 Å². The van der Waals surface area contributed by atoms with E-state index < -0.39 is 10.2 Å². The van der Waals surface area contributed by atoms with Gasteiger partial charge in [0.1, 0.15) is 4.99 Å². The summed E-state index contributed by atoms with van der Waals surface area (Å²) in [6.45, 7) is 1.06. The van der Waals surface area contributed by atoms with Crippen molar-refractivity contribution in [2.75, 3.05) is 17.8 Å². The van der Waals surface area contributed by atoms with E-state index in [1.54, 1.807) is 18.2 Å². The lowest BCUT2D eigenvalue weighted by Crippen LogP contribution is -2.36. The van der Waals surface area contributed by atoms with Gasteiger partial charge in [-0.15, -0.1) is 0 Å². The van der Waals surface area contributed by atoms with Gasteiger partial charge in [0.25, 0.3) is 0 Å². The van der Waals surface area contributed by atoms with Crippen molar-refractivity contribution in [3.05, 3.63) is 28.8 Å². The summed E-state index contributed by atoms with van der Waals surface area (Å²) in [4.78, 5) is 0.196. The normalized spacial score (nSPS) is 17.2. The van der Waals surface area contributed by atoms with E-state index in [4.69, 9.17) is 29.6 Å². The molecule has 21 heavy (non-hydrogen) atoms. The molecule has 0 bridgehead atoms. The second kappa shape index (κ2) is 6.91. The molecule has 8 heteroatoms. The SMILES string of the molecule is NC(=S)c1ccc(Cl)c(NS(=O)(=O)N2CCCCCC2)c1. The van der Waals surface area contributed by atoms with Crippen molar-refractivity contribution >= 4 is 44.7 Å². The summed E-state index contributed by atoms with van der Waals surface area (Å²) in [6.07, 6.45) is 3.87. The van der Waals surface area contributed by atoms with E-state index in [1.807, 2.05) is 0 Å². The Morgan fingerprint density at radius 1 is 1.24 bits per heavy atom. The third kappa shape index (κ3) is 4.29. The van der Waals surface area contributed by atoms with Crippen LogP contribution in [0.3, 0.4) is 0 Å².